The molecule has 116 valence electrons. The van der Waals surface area contributed by atoms with Gasteiger partial charge in [0.25, 0.3) is 0 Å². The van der Waals surface area contributed by atoms with Crippen molar-refractivity contribution in [1.82, 2.24) is 15.5 Å². The number of benzene rings is 1. The molecule has 0 radical (unpaired) electrons. The summed E-state index contributed by atoms with van der Waals surface area (Å²) in [5, 5.41) is 6.84. The molecule has 2 rings (SSSR count). The second-order valence-corrected chi connectivity index (χ2v) is 5.73. The molecule has 1 aromatic rings. The van der Waals surface area contributed by atoms with Crippen LogP contribution in [-0.4, -0.2) is 57.2 Å². The Morgan fingerprint density at radius 3 is 2.90 bits per heavy atom. The monoisotopic (exact) mass is 311 g/mol. The van der Waals surface area contributed by atoms with E-state index in [0.717, 1.165) is 5.56 Å². The molecule has 0 bridgehead atoms. The topological polar surface area (TPSA) is 53.6 Å². The van der Waals surface area contributed by atoms with Crippen molar-refractivity contribution in [2.45, 2.75) is 12.1 Å². The maximum absolute atomic E-state index is 12.1. The largest absolute Gasteiger partial charge is 0.378 e. The first-order valence-corrected chi connectivity index (χ1v) is 7.47. The lowest BCUT2D eigenvalue weighted by Gasteiger charge is -2.28. The summed E-state index contributed by atoms with van der Waals surface area (Å²) in [6.07, 6.45) is 0. The van der Waals surface area contributed by atoms with E-state index in [1.807, 2.05) is 43.3 Å². The second kappa shape index (κ2) is 7.75. The molecule has 1 heterocycles. The number of hydrogen-bond donors (Lipinski definition) is 2. The Hall–Kier alpha value is -1.14. The molecular weight excluding hydrogens is 290 g/mol. The van der Waals surface area contributed by atoms with E-state index in [9.17, 15) is 4.79 Å². The van der Waals surface area contributed by atoms with Gasteiger partial charge in [0, 0.05) is 18.1 Å². The van der Waals surface area contributed by atoms with Crippen LogP contribution in [0.4, 0.5) is 0 Å². The summed E-state index contributed by atoms with van der Waals surface area (Å²) in [7, 11) is 3.95. The van der Waals surface area contributed by atoms with E-state index in [0.29, 0.717) is 31.3 Å². The molecule has 0 saturated carbocycles. The maximum Gasteiger partial charge on any atom is 0.239 e. The van der Waals surface area contributed by atoms with Crippen molar-refractivity contribution in [2.24, 2.45) is 0 Å². The molecule has 1 saturated heterocycles. The second-order valence-electron chi connectivity index (χ2n) is 5.33. The zero-order valence-electron chi connectivity index (χ0n) is 12.4. The van der Waals surface area contributed by atoms with Crippen LogP contribution >= 0.6 is 11.6 Å². The molecule has 1 amide bonds. The van der Waals surface area contributed by atoms with Crippen LogP contribution < -0.4 is 10.6 Å². The van der Waals surface area contributed by atoms with Crippen molar-refractivity contribution < 1.29 is 9.53 Å². The Morgan fingerprint density at radius 1 is 1.52 bits per heavy atom. The number of likely N-dealkylation sites (N-methyl/N-ethyl adjacent to an activating group) is 1. The van der Waals surface area contributed by atoms with Crippen LogP contribution in [0.1, 0.15) is 11.6 Å². The fourth-order valence-corrected chi connectivity index (χ4v) is 2.63. The lowest BCUT2D eigenvalue weighted by molar-refractivity contribution is -0.126. The molecule has 0 aromatic heterocycles. The minimum atomic E-state index is -0.271. The first-order chi connectivity index (χ1) is 10.1. The van der Waals surface area contributed by atoms with Gasteiger partial charge in [0.1, 0.15) is 6.04 Å². The minimum Gasteiger partial charge on any atom is -0.378 e. The van der Waals surface area contributed by atoms with Crippen LogP contribution in [0.5, 0.6) is 0 Å². The average molecular weight is 312 g/mol. The summed E-state index contributed by atoms with van der Waals surface area (Å²) in [6, 6.07) is 7.48. The highest BCUT2D eigenvalue weighted by molar-refractivity contribution is 6.31. The van der Waals surface area contributed by atoms with Crippen molar-refractivity contribution in [2.75, 3.05) is 40.4 Å². The van der Waals surface area contributed by atoms with Gasteiger partial charge in [-0.15, -0.1) is 0 Å². The number of nitrogens with one attached hydrogen (secondary N) is 2. The van der Waals surface area contributed by atoms with Crippen LogP contribution in [0.2, 0.25) is 5.02 Å². The number of hydrogen-bond acceptors (Lipinski definition) is 4. The SMILES string of the molecule is CN(C)C(CNC(=O)C1COCCN1)c1ccccc1Cl. The number of ether oxygens (including phenoxy) is 1. The summed E-state index contributed by atoms with van der Waals surface area (Å²) in [5.41, 5.74) is 1.01. The third-order valence-corrected chi connectivity index (χ3v) is 3.94. The number of halogens is 1. The van der Waals surface area contributed by atoms with Gasteiger partial charge in [-0.05, 0) is 25.7 Å². The van der Waals surface area contributed by atoms with E-state index in [2.05, 4.69) is 10.6 Å². The number of nitrogens with zero attached hydrogens (tertiary/aromatic N) is 1. The summed E-state index contributed by atoms with van der Waals surface area (Å²) in [4.78, 5) is 14.2. The number of amides is 1. The van der Waals surface area contributed by atoms with Gasteiger partial charge in [-0.25, -0.2) is 0 Å². The fourth-order valence-electron chi connectivity index (χ4n) is 2.37. The normalized spacial score (nSPS) is 20.3. The summed E-state index contributed by atoms with van der Waals surface area (Å²) >= 11 is 6.26. The zero-order valence-corrected chi connectivity index (χ0v) is 13.2. The number of morpholine rings is 1. The molecule has 5 nitrogen and oxygen atoms in total. The first kappa shape index (κ1) is 16.2. The minimum absolute atomic E-state index is 0.0337. The van der Waals surface area contributed by atoms with Gasteiger partial charge in [0.2, 0.25) is 5.91 Å². The van der Waals surface area contributed by atoms with E-state index in [-0.39, 0.29) is 18.0 Å². The molecule has 1 aliphatic rings. The third kappa shape index (κ3) is 4.41. The van der Waals surface area contributed by atoms with Crippen LogP contribution in [0.3, 0.4) is 0 Å². The number of rotatable bonds is 5. The van der Waals surface area contributed by atoms with Crippen molar-refractivity contribution in [1.29, 1.82) is 0 Å². The molecule has 2 unspecified atom stereocenters. The van der Waals surface area contributed by atoms with Crippen molar-refractivity contribution in [3.63, 3.8) is 0 Å². The standard InChI is InChI=1S/C15H22ClN3O2/c1-19(2)14(11-5-3-4-6-12(11)16)9-18-15(20)13-10-21-8-7-17-13/h3-6,13-14,17H,7-10H2,1-2H3,(H,18,20). The highest BCUT2D eigenvalue weighted by Gasteiger charge is 2.23. The summed E-state index contributed by atoms with van der Waals surface area (Å²) < 4.78 is 5.31. The predicted octanol–water partition coefficient (Wildman–Crippen LogP) is 1.05. The Balaban J connectivity index is 1.97. The first-order valence-electron chi connectivity index (χ1n) is 7.09. The summed E-state index contributed by atoms with van der Waals surface area (Å²) in [6.45, 7) is 2.29. The molecule has 1 fully saturated rings. The molecule has 6 heteroatoms. The average Bonchev–Trinajstić information content (AvgIpc) is 2.49. The van der Waals surface area contributed by atoms with Crippen molar-refractivity contribution in [3.8, 4) is 0 Å². The molecule has 0 spiro atoms. The van der Waals surface area contributed by atoms with Gasteiger partial charge in [-0.2, -0.15) is 0 Å². The van der Waals surface area contributed by atoms with Gasteiger partial charge in [-0.1, -0.05) is 29.8 Å². The van der Waals surface area contributed by atoms with Gasteiger partial charge < -0.3 is 20.3 Å². The molecule has 1 aromatic carbocycles. The van der Waals surface area contributed by atoms with Crippen molar-refractivity contribution >= 4 is 17.5 Å². The third-order valence-electron chi connectivity index (χ3n) is 3.60. The van der Waals surface area contributed by atoms with Gasteiger partial charge in [0.05, 0.1) is 19.3 Å². The number of carbonyl (C=O) groups excluding carboxylic acids is 1. The smallest absolute Gasteiger partial charge is 0.239 e. The van der Waals surface area contributed by atoms with Gasteiger partial charge in [0.15, 0.2) is 0 Å². The lowest BCUT2D eigenvalue weighted by atomic mass is 10.1. The molecule has 2 N–H and O–H groups in total. The van der Waals surface area contributed by atoms with E-state index >= 15 is 0 Å². The highest BCUT2D eigenvalue weighted by Crippen LogP contribution is 2.25. The van der Waals surface area contributed by atoms with Crippen molar-refractivity contribution in [3.05, 3.63) is 34.9 Å². The van der Waals surface area contributed by atoms with E-state index < -0.39 is 0 Å². The Kier molecular flexibility index (Phi) is 5.99. The molecule has 0 aliphatic carbocycles. The van der Waals surface area contributed by atoms with Gasteiger partial charge in [-0.3, -0.25) is 4.79 Å². The Bertz CT molecular complexity index is 476. The van der Waals surface area contributed by atoms with Crippen LogP contribution in [0.25, 0.3) is 0 Å². The van der Waals surface area contributed by atoms with Crippen LogP contribution in [0, 0.1) is 0 Å². The summed E-state index contributed by atoms with van der Waals surface area (Å²) in [5.74, 6) is -0.0337. The molecule has 1 aliphatic heterocycles. The Labute approximate surface area is 130 Å². The quantitative estimate of drug-likeness (QED) is 0.853. The van der Waals surface area contributed by atoms with Crippen LogP contribution in [0.15, 0.2) is 24.3 Å². The molecule has 2 atom stereocenters. The van der Waals surface area contributed by atoms with Gasteiger partial charge >= 0.3 is 0 Å². The molecular formula is C15H22ClN3O2. The van der Waals surface area contributed by atoms with E-state index in [4.69, 9.17) is 16.3 Å². The molecule has 21 heavy (non-hydrogen) atoms. The Morgan fingerprint density at radius 2 is 2.29 bits per heavy atom. The highest BCUT2D eigenvalue weighted by atomic mass is 35.5. The maximum atomic E-state index is 12.1. The zero-order chi connectivity index (χ0) is 15.2. The lowest BCUT2D eigenvalue weighted by Crippen LogP contribution is -2.52. The fraction of sp³-hybridized carbons (Fsp3) is 0.533. The van der Waals surface area contributed by atoms with E-state index in [1.54, 1.807) is 0 Å². The van der Waals surface area contributed by atoms with E-state index in [1.165, 1.54) is 0 Å². The van der Waals surface area contributed by atoms with Crippen LogP contribution in [-0.2, 0) is 9.53 Å². The number of carbonyl (C=O) groups is 1. The predicted molar refractivity (Wildman–Crippen MR) is 83.5 cm³/mol.